The van der Waals surface area contributed by atoms with Crippen molar-refractivity contribution < 1.29 is 5.11 Å². The van der Waals surface area contributed by atoms with Crippen molar-refractivity contribution in [2.24, 2.45) is 0 Å². The lowest BCUT2D eigenvalue weighted by molar-refractivity contribution is 0.419. The molecule has 0 bridgehead atoms. The first-order valence-corrected chi connectivity index (χ1v) is 5.10. The SMILES string of the molecule is CN(C)c1nc(N)nc(/C(C#N)=C(/O)CCl)n1. The van der Waals surface area contributed by atoms with E-state index in [-0.39, 0.29) is 29.0 Å². The summed E-state index contributed by atoms with van der Waals surface area (Å²) in [4.78, 5) is 13.3. The van der Waals surface area contributed by atoms with Gasteiger partial charge in [0.15, 0.2) is 5.82 Å². The minimum atomic E-state index is -0.301. The van der Waals surface area contributed by atoms with Crippen LogP contribution in [0.25, 0.3) is 5.57 Å². The molecule has 7 nitrogen and oxygen atoms in total. The highest BCUT2D eigenvalue weighted by Crippen LogP contribution is 2.16. The molecular formula is C9H11ClN6O. The maximum absolute atomic E-state index is 9.46. The predicted octanol–water partition coefficient (Wildman–Crippen LogP) is 0.551. The number of anilines is 2. The average Bonchev–Trinajstić information content (AvgIpc) is 2.28. The van der Waals surface area contributed by atoms with Crippen LogP contribution in [-0.2, 0) is 0 Å². The summed E-state index contributed by atoms with van der Waals surface area (Å²) in [5.41, 5.74) is 5.38. The van der Waals surface area contributed by atoms with Crippen LogP contribution >= 0.6 is 11.6 Å². The van der Waals surface area contributed by atoms with Gasteiger partial charge in [-0.15, -0.1) is 11.6 Å². The van der Waals surface area contributed by atoms with Crippen molar-refractivity contribution in [1.82, 2.24) is 15.0 Å². The van der Waals surface area contributed by atoms with Crippen LogP contribution in [0.2, 0.25) is 0 Å². The molecule has 0 saturated heterocycles. The van der Waals surface area contributed by atoms with Gasteiger partial charge < -0.3 is 15.7 Å². The second kappa shape index (κ2) is 5.32. The number of rotatable bonds is 3. The van der Waals surface area contributed by atoms with Gasteiger partial charge in [0.25, 0.3) is 0 Å². The van der Waals surface area contributed by atoms with Crippen LogP contribution in [0.4, 0.5) is 11.9 Å². The Balaban J connectivity index is 3.37. The molecule has 0 amide bonds. The molecule has 17 heavy (non-hydrogen) atoms. The molecule has 1 aromatic heterocycles. The summed E-state index contributed by atoms with van der Waals surface area (Å²) in [6.45, 7) is 0. The first-order valence-electron chi connectivity index (χ1n) is 4.57. The van der Waals surface area contributed by atoms with E-state index in [2.05, 4.69) is 15.0 Å². The Morgan fingerprint density at radius 3 is 2.59 bits per heavy atom. The number of aromatic nitrogens is 3. The zero-order valence-corrected chi connectivity index (χ0v) is 10.1. The quantitative estimate of drug-likeness (QED) is 0.460. The van der Waals surface area contributed by atoms with Gasteiger partial charge in [-0.25, -0.2) is 0 Å². The molecule has 0 aliphatic heterocycles. The predicted molar refractivity (Wildman–Crippen MR) is 64.4 cm³/mol. The van der Waals surface area contributed by atoms with Crippen LogP contribution in [-0.4, -0.2) is 40.0 Å². The molecule has 1 aromatic rings. The third-order valence-corrected chi connectivity index (χ3v) is 2.04. The molecule has 0 aliphatic carbocycles. The van der Waals surface area contributed by atoms with Gasteiger partial charge >= 0.3 is 0 Å². The Labute approximate surface area is 103 Å². The molecule has 3 N–H and O–H groups in total. The van der Waals surface area contributed by atoms with E-state index in [1.165, 1.54) is 0 Å². The smallest absolute Gasteiger partial charge is 0.230 e. The van der Waals surface area contributed by atoms with E-state index in [0.717, 1.165) is 0 Å². The number of alkyl halides is 1. The summed E-state index contributed by atoms with van der Waals surface area (Å²) in [5.74, 6) is -0.242. The highest BCUT2D eigenvalue weighted by Gasteiger charge is 2.14. The zero-order chi connectivity index (χ0) is 13.0. The number of nitrogens with two attached hydrogens (primary N) is 1. The minimum Gasteiger partial charge on any atom is -0.510 e. The average molecular weight is 255 g/mol. The topological polar surface area (TPSA) is 112 Å². The van der Waals surface area contributed by atoms with E-state index in [1.807, 2.05) is 0 Å². The van der Waals surface area contributed by atoms with Crippen molar-refractivity contribution in [1.29, 1.82) is 5.26 Å². The Kier molecular flexibility index (Phi) is 4.06. The van der Waals surface area contributed by atoms with E-state index in [0.29, 0.717) is 5.95 Å². The fourth-order valence-electron chi connectivity index (χ4n) is 1.00. The minimum absolute atomic E-state index is 0.00171. The van der Waals surface area contributed by atoms with Crippen LogP contribution in [0, 0.1) is 11.3 Å². The van der Waals surface area contributed by atoms with Crippen LogP contribution in [0.3, 0.4) is 0 Å². The largest absolute Gasteiger partial charge is 0.510 e. The van der Waals surface area contributed by atoms with E-state index in [9.17, 15) is 5.11 Å². The summed E-state index contributed by atoms with van der Waals surface area (Å²) in [6, 6.07) is 1.78. The number of nitrogen functional groups attached to an aromatic ring is 1. The number of hydrogen-bond acceptors (Lipinski definition) is 7. The second-order valence-corrected chi connectivity index (χ2v) is 3.55. The van der Waals surface area contributed by atoms with Gasteiger partial charge in [0.05, 0.1) is 5.88 Å². The van der Waals surface area contributed by atoms with Crippen molar-refractivity contribution in [2.45, 2.75) is 0 Å². The lowest BCUT2D eigenvalue weighted by Gasteiger charge is -2.11. The third-order valence-electron chi connectivity index (χ3n) is 1.79. The highest BCUT2D eigenvalue weighted by atomic mass is 35.5. The molecule has 0 saturated carbocycles. The maximum Gasteiger partial charge on any atom is 0.230 e. The molecule has 0 fully saturated rings. The van der Waals surface area contributed by atoms with Crippen molar-refractivity contribution in [3.63, 3.8) is 0 Å². The zero-order valence-electron chi connectivity index (χ0n) is 9.35. The Morgan fingerprint density at radius 2 is 2.12 bits per heavy atom. The molecule has 0 unspecified atom stereocenters. The van der Waals surface area contributed by atoms with Crippen molar-refractivity contribution in [3.05, 3.63) is 11.6 Å². The first-order chi connectivity index (χ1) is 7.99. The lowest BCUT2D eigenvalue weighted by atomic mass is 10.2. The van der Waals surface area contributed by atoms with Crippen LogP contribution in [0.1, 0.15) is 5.82 Å². The number of halogens is 1. The Bertz CT molecular complexity index is 493. The van der Waals surface area contributed by atoms with Gasteiger partial charge in [0.2, 0.25) is 11.9 Å². The van der Waals surface area contributed by atoms with Gasteiger partial charge in [0.1, 0.15) is 17.4 Å². The normalized spacial score (nSPS) is 11.6. The third kappa shape index (κ3) is 2.95. The molecule has 90 valence electrons. The number of aliphatic hydroxyl groups excluding tert-OH is 1. The van der Waals surface area contributed by atoms with E-state index < -0.39 is 0 Å². The second-order valence-electron chi connectivity index (χ2n) is 3.28. The van der Waals surface area contributed by atoms with Crippen molar-refractivity contribution in [2.75, 3.05) is 30.6 Å². The monoisotopic (exact) mass is 254 g/mol. The molecule has 0 atom stereocenters. The maximum atomic E-state index is 9.46. The van der Waals surface area contributed by atoms with Crippen LogP contribution in [0.15, 0.2) is 5.76 Å². The van der Waals surface area contributed by atoms with Gasteiger partial charge in [-0.1, -0.05) is 0 Å². The van der Waals surface area contributed by atoms with Gasteiger partial charge in [-0.2, -0.15) is 20.2 Å². The molecular weight excluding hydrogens is 244 g/mol. The van der Waals surface area contributed by atoms with Gasteiger partial charge in [-0.3, -0.25) is 0 Å². The standard InChI is InChI=1S/C9H11ClN6O/c1-16(2)9-14-7(13-8(12)15-9)5(4-11)6(17)3-10/h17H,3H2,1-2H3,(H2,12,13,14,15)/b6-5+. The molecule has 0 radical (unpaired) electrons. The molecule has 0 aromatic carbocycles. The Hall–Kier alpha value is -2.07. The number of nitriles is 1. The van der Waals surface area contributed by atoms with Crippen LogP contribution in [0.5, 0.6) is 0 Å². The van der Waals surface area contributed by atoms with E-state index >= 15 is 0 Å². The number of allylic oxidation sites excluding steroid dienone is 2. The van der Waals surface area contributed by atoms with Crippen molar-refractivity contribution in [3.8, 4) is 6.07 Å². The van der Waals surface area contributed by atoms with Gasteiger partial charge in [-0.05, 0) is 0 Å². The molecule has 1 rings (SSSR count). The van der Waals surface area contributed by atoms with Crippen LogP contribution < -0.4 is 10.6 Å². The summed E-state index contributed by atoms with van der Waals surface area (Å²) in [7, 11) is 3.44. The summed E-state index contributed by atoms with van der Waals surface area (Å²) < 4.78 is 0. The molecule has 0 aliphatic rings. The number of hydrogen-bond donors (Lipinski definition) is 2. The fraction of sp³-hybridized carbons (Fsp3) is 0.333. The van der Waals surface area contributed by atoms with Crippen molar-refractivity contribution >= 4 is 29.1 Å². The van der Waals surface area contributed by atoms with Gasteiger partial charge in [0, 0.05) is 14.1 Å². The summed E-state index contributed by atoms with van der Waals surface area (Å²) in [5, 5.41) is 18.4. The summed E-state index contributed by atoms with van der Waals surface area (Å²) in [6.07, 6.45) is 0. The van der Waals surface area contributed by atoms with E-state index in [1.54, 1.807) is 25.1 Å². The summed E-state index contributed by atoms with van der Waals surface area (Å²) >= 11 is 5.45. The van der Waals surface area contributed by atoms with E-state index in [4.69, 9.17) is 22.6 Å². The highest BCUT2D eigenvalue weighted by molar-refractivity contribution is 6.19. The molecule has 0 spiro atoms. The fourth-order valence-corrected chi connectivity index (χ4v) is 1.14. The lowest BCUT2D eigenvalue weighted by Crippen LogP contribution is -2.16. The molecule has 8 heteroatoms. The Morgan fingerprint density at radius 1 is 1.47 bits per heavy atom. The number of nitrogens with zero attached hydrogens (tertiary/aromatic N) is 5. The first kappa shape index (κ1) is 13.0. The number of aliphatic hydroxyl groups is 1. The molecule has 1 heterocycles.